The van der Waals surface area contributed by atoms with E-state index < -0.39 is 0 Å². The third-order valence-electron chi connectivity index (χ3n) is 5.19. The number of aromatic amines is 1. The van der Waals surface area contributed by atoms with E-state index in [1.54, 1.807) is 18.5 Å². The number of nitrogens with two attached hydrogens (primary N) is 1. The Morgan fingerprint density at radius 1 is 1.06 bits per heavy atom. The lowest BCUT2D eigenvalue weighted by Gasteiger charge is -2.07. The number of rotatable bonds is 6. The molecule has 0 radical (unpaired) electrons. The van der Waals surface area contributed by atoms with Crippen LogP contribution in [0, 0.1) is 5.82 Å². The molecule has 0 spiro atoms. The first kappa shape index (κ1) is 19.5. The molecule has 0 amide bonds. The molecule has 0 unspecified atom stereocenters. The lowest BCUT2D eigenvalue weighted by atomic mass is 10.1. The molecule has 0 fully saturated rings. The highest BCUT2D eigenvalue weighted by Gasteiger charge is 2.12. The Kier molecular flexibility index (Phi) is 5.01. The van der Waals surface area contributed by atoms with Gasteiger partial charge in [-0.3, -0.25) is 0 Å². The van der Waals surface area contributed by atoms with Gasteiger partial charge in [-0.15, -0.1) is 0 Å². The van der Waals surface area contributed by atoms with Gasteiger partial charge in [-0.25, -0.2) is 19.3 Å². The first-order valence-electron chi connectivity index (χ1n) is 9.74. The van der Waals surface area contributed by atoms with Gasteiger partial charge in [0, 0.05) is 34.8 Å². The minimum Gasteiger partial charge on any atom is -0.382 e. The van der Waals surface area contributed by atoms with Gasteiger partial charge < -0.3 is 20.6 Å². The summed E-state index contributed by atoms with van der Waals surface area (Å²) in [5, 5.41) is 4.93. The molecule has 0 bridgehead atoms. The Hall–Kier alpha value is -3.49. The van der Waals surface area contributed by atoms with E-state index in [-0.39, 0.29) is 5.82 Å². The van der Waals surface area contributed by atoms with E-state index in [9.17, 15) is 4.39 Å². The summed E-state index contributed by atoms with van der Waals surface area (Å²) in [6.07, 6.45) is 3.12. The van der Waals surface area contributed by atoms with Gasteiger partial charge in [0.25, 0.3) is 0 Å². The van der Waals surface area contributed by atoms with Crippen LogP contribution in [-0.2, 0) is 19.6 Å². The zero-order chi connectivity index (χ0) is 21.4. The van der Waals surface area contributed by atoms with E-state index in [0.29, 0.717) is 47.2 Å². The number of benzene rings is 2. The van der Waals surface area contributed by atoms with Crippen molar-refractivity contribution in [3.8, 4) is 0 Å². The van der Waals surface area contributed by atoms with Crippen molar-refractivity contribution in [2.75, 3.05) is 5.73 Å². The maximum Gasteiger partial charge on any atom is 0.165 e. The van der Waals surface area contributed by atoms with Gasteiger partial charge in [-0.1, -0.05) is 29.8 Å². The maximum atomic E-state index is 13.8. The second-order valence-electron chi connectivity index (χ2n) is 7.32. The summed E-state index contributed by atoms with van der Waals surface area (Å²) in [5.74, 6) is 0.140. The molecule has 4 N–H and O–H groups in total. The summed E-state index contributed by atoms with van der Waals surface area (Å²) in [4.78, 5) is 16.1. The summed E-state index contributed by atoms with van der Waals surface area (Å²) in [7, 11) is 0. The number of fused-ring (bicyclic) bond motifs is 2. The number of aromatic nitrogens is 5. The highest BCUT2D eigenvalue weighted by molar-refractivity contribution is 6.31. The van der Waals surface area contributed by atoms with Crippen LogP contribution in [0.5, 0.6) is 0 Å². The number of anilines is 1. The molecule has 9 heteroatoms. The number of H-pyrrole nitrogens is 1. The van der Waals surface area contributed by atoms with Gasteiger partial charge >= 0.3 is 0 Å². The average molecular weight is 436 g/mol. The molecule has 0 saturated heterocycles. The molecule has 7 nitrogen and oxygen atoms in total. The van der Waals surface area contributed by atoms with Gasteiger partial charge in [0.05, 0.1) is 18.4 Å². The first-order chi connectivity index (χ1) is 15.1. The van der Waals surface area contributed by atoms with Gasteiger partial charge in [-0.05, 0) is 29.8 Å². The van der Waals surface area contributed by atoms with Crippen molar-refractivity contribution >= 4 is 39.5 Å². The van der Waals surface area contributed by atoms with Crippen molar-refractivity contribution in [3.63, 3.8) is 0 Å². The van der Waals surface area contributed by atoms with Crippen LogP contribution in [0.3, 0.4) is 0 Å². The van der Waals surface area contributed by atoms with Crippen molar-refractivity contribution in [2.24, 2.45) is 0 Å². The van der Waals surface area contributed by atoms with Crippen LogP contribution in [0.2, 0.25) is 5.02 Å². The van der Waals surface area contributed by atoms with Crippen molar-refractivity contribution in [2.45, 2.75) is 19.6 Å². The molecule has 156 valence electrons. The van der Waals surface area contributed by atoms with Gasteiger partial charge in [0.15, 0.2) is 11.5 Å². The zero-order valence-electron chi connectivity index (χ0n) is 16.4. The Morgan fingerprint density at radius 3 is 2.81 bits per heavy atom. The maximum absolute atomic E-state index is 13.8. The number of hydrogen-bond donors (Lipinski definition) is 3. The summed E-state index contributed by atoms with van der Waals surface area (Å²) in [6.45, 7) is 1.53. The number of imidazole rings is 1. The van der Waals surface area contributed by atoms with Crippen molar-refractivity contribution in [3.05, 3.63) is 82.8 Å². The second-order valence-corrected chi connectivity index (χ2v) is 7.76. The fourth-order valence-corrected chi connectivity index (χ4v) is 3.98. The van der Waals surface area contributed by atoms with E-state index in [0.717, 1.165) is 22.2 Å². The molecular formula is C22H19ClFN7. The van der Waals surface area contributed by atoms with E-state index in [2.05, 4.69) is 25.3 Å². The SMILES string of the molecule is Nc1ncnc2c1ncn2Cc1cc(Cl)cc2cc(CNCc3ccccc3F)[nH]c12. The zero-order valence-corrected chi connectivity index (χ0v) is 17.2. The predicted molar refractivity (Wildman–Crippen MR) is 119 cm³/mol. The second kappa shape index (κ2) is 7.98. The van der Waals surface area contributed by atoms with Gasteiger partial charge in [0.2, 0.25) is 0 Å². The highest BCUT2D eigenvalue weighted by atomic mass is 35.5. The van der Waals surface area contributed by atoms with E-state index in [1.807, 2.05) is 28.8 Å². The van der Waals surface area contributed by atoms with Crippen LogP contribution >= 0.6 is 11.6 Å². The third kappa shape index (κ3) is 3.83. The summed E-state index contributed by atoms with van der Waals surface area (Å²) in [5.41, 5.74) is 10.7. The molecule has 3 aromatic heterocycles. The largest absolute Gasteiger partial charge is 0.382 e. The normalized spacial score (nSPS) is 11.5. The fourth-order valence-electron chi connectivity index (χ4n) is 3.73. The molecule has 0 atom stereocenters. The van der Waals surface area contributed by atoms with Crippen LogP contribution < -0.4 is 11.1 Å². The number of hydrogen-bond acceptors (Lipinski definition) is 5. The molecule has 0 saturated carbocycles. The topological polar surface area (TPSA) is 97.4 Å². The molecular weight excluding hydrogens is 417 g/mol. The predicted octanol–water partition coefficient (Wildman–Crippen LogP) is 4.02. The van der Waals surface area contributed by atoms with Gasteiger partial charge in [0.1, 0.15) is 17.7 Å². The van der Waals surface area contributed by atoms with Crippen molar-refractivity contribution < 1.29 is 4.39 Å². The van der Waals surface area contributed by atoms with E-state index in [1.165, 1.54) is 12.4 Å². The van der Waals surface area contributed by atoms with E-state index >= 15 is 0 Å². The lowest BCUT2D eigenvalue weighted by molar-refractivity contribution is 0.586. The lowest BCUT2D eigenvalue weighted by Crippen LogP contribution is -2.13. The molecule has 31 heavy (non-hydrogen) atoms. The smallest absolute Gasteiger partial charge is 0.165 e. The molecule has 2 aromatic carbocycles. The van der Waals surface area contributed by atoms with Crippen LogP contribution in [-0.4, -0.2) is 24.5 Å². The monoisotopic (exact) mass is 435 g/mol. The number of nitrogens with one attached hydrogen (secondary N) is 2. The summed E-state index contributed by atoms with van der Waals surface area (Å²) < 4.78 is 15.7. The van der Waals surface area contributed by atoms with Crippen LogP contribution in [0.4, 0.5) is 10.2 Å². The third-order valence-corrected chi connectivity index (χ3v) is 5.41. The van der Waals surface area contributed by atoms with Crippen LogP contribution in [0.1, 0.15) is 16.8 Å². The number of halogens is 2. The van der Waals surface area contributed by atoms with Crippen molar-refractivity contribution in [1.82, 2.24) is 29.8 Å². The Labute approximate surface area is 182 Å². The average Bonchev–Trinajstić information content (AvgIpc) is 3.34. The molecule has 5 rings (SSSR count). The molecule has 0 aliphatic heterocycles. The molecule has 5 aromatic rings. The molecule has 3 heterocycles. The Balaban J connectivity index is 1.40. The van der Waals surface area contributed by atoms with E-state index in [4.69, 9.17) is 17.3 Å². The summed E-state index contributed by atoms with van der Waals surface area (Å²) in [6, 6.07) is 12.6. The highest BCUT2D eigenvalue weighted by Crippen LogP contribution is 2.26. The Morgan fingerprint density at radius 2 is 1.94 bits per heavy atom. The fraction of sp³-hybridized carbons (Fsp3) is 0.136. The molecule has 0 aliphatic carbocycles. The number of nitrogens with zero attached hydrogens (tertiary/aromatic N) is 4. The first-order valence-corrected chi connectivity index (χ1v) is 10.1. The molecule has 0 aliphatic rings. The van der Waals surface area contributed by atoms with Gasteiger partial charge in [-0.2, -0.15) is 0 Å². The Bertz CT molecular complexity index is 1390. The quantitative estimate of drug-likeness (QED) is 0.374. The minimum atomic E-state index is -0.210. The van der Waals surface area contributed by atoms with Crippen LogP contribution in [0.25, 0.3) is 22.1 Å². The minimum absolute atomic E-state index is 0.210. The number of nitrogen functional groups attached to an aromatic ring is 1. The van der Waals surface area contributed by atoms with Crippen molar-refractivity contribution in [1.29, 1.82) is 0 Å². The van der Waals surface area contributed by atoms with Crippen LogP contribution in [0.15, 0.2) is 55.1 Å². The standard InChI is InChI=1S/C22H19ClFN7/c23-16-5-14-7-17(9-26-8-13-3-1-2-4-18(13)24)30-19(14)15(6-16)10-31-12-29-20-21(25)27-11-28-22(20)31/h1-7,11-12,26,30H,8-10H2,(H2,25,27,28). The summed E-state index contributed by atoms with van der Waals surface area (Å²) >= 11 is 6.38.